The summed E-state index contributed by atoms with van der Waals surface area (Å²) in [5, 5.41) is 8.62. The molecule has 0 bridgehead atoms. The molecule has 60 heavy (non-hydrogen) atoms. The van der Waals surface area contributed by atoms with E-state index in [-0.39, 0.29) is 96.5 Å². The van der Waals surface area contributed by atoms with Crippen LogP contribution in [0.2, 0.25) is 0 Å². The van der Waals surface area contributed by atoms with Crippen LogP contribution in [0.25, 0.3) is 0 Å². The summed E-state index contributed by atoms with van der Waals surface area (Å²) < 4.78 is 10.9. The highest BCUT2D eigenvalue weighted by atomic mass is 16.6. The van der Waals surface area contributed by atoms with Crippen LogP contribution < -0.4 is 16.0 Å². The molecule has 9 atom stereocenters. The maximum atomic E-state index is 13.6. The maximum Gasteiger partial charge on any atom is 0.408 e. The smallest absolute Gasteiger partial charge is 0.408 e. The van der Waals surface area contributed by atoms with Gasteiger partial charge in [0.15, 0.2) is 11.6 Å². The Bertz CT molecular complexity index is 1610. The summed E-state index contributed by atoms with van der Waals surface area (Å²) in [4.78, 5) is 91.9. The van der Waals surface area contributed by atoms with E-state index in [4.69, 9.17) is 9.47 Å². The summed E-state index contributed by atoms with van der Waals surface area (Å²) in [6, 6.07) is 8.26. The third kappa shape index (κ3) is 15.7. The highest BCUT2D eigenvalue weighted by Crippen LogP contribution is 2.37. The standard InChI is InChI=1S/C48H73N3O9/c1-31(28-43(54)38-21-13-10-18-35(38)24-26-42(53)33(3)51-47(58)60-48(4,5)6)44(55)49-29-37-20-12-14-22-39(37)45(56)50-32(2)41(52)27-25-36-19-11-15-23-40(36)46(57)59-30-34-16-8-7-9-17-34/h7-9,16-17,31-33,35-40H,10-15,18-30H2,1-6H3,(H,49,55)(H,50,56)(H,51,58)/t31-,32+,33+,35+,36+,37+,38+,39+,40+/m1/s1. The van der Waals surface area contributed by atoms with Crippen molar-refractivity contribution in [2.45, 2.75) is 175 Å². The molecule has 334 valence electrons. The minimum Gasteiger partial charge on any atom is -0.461 e. The molecule has 0 aromatic heterocycles. The number of hydrogen-bond donors (Lipinski definition) is 3. The molecule has 12 nitrogen and oxygen atoms in total. The molecule has 3 aliphatic rings. The number of ether oxygens (including phenoxy) is 2. The Labute approximate surface area is 358 Å². The lowest BCUT2D eigenvalue weighted by atomic mass is 9.73. The fourth-order valence-electron chi connectivity index (χ4n) is 9.48. The van der Waals surface area contributed by atoms with Gasteiger partial charge in [0, 0.05) is 43.6 Å². The van der Waals surface area contributed by atoms with E-state index in [2.05, 4.69) is 16.0 Å². The summed E-state index contributed by atoms with van der Waals surface area (Å²) in [5.41, 5.74) is 0.275. The molecule has 0 heterocycles. The minimum atomic E-state index is -0.697. The second-order valence-corrected chi connectivity index (χ2v) is 19.0. The molecule has 12 heteroatoms. The van der Waals surface area contributed by atoms with Crippen LogP contribution in [0.3, 0.4) is 0 Å². The van der Waals surface area contributed by atoms with Crippen LogP contribution in [-0.4, -0.2) is 65.5 Å². The summed E-state index contributed by atoms with van der Waals surface area (Å²) in [7, 11) is 0. The van der Waals surface area contributed by atoms with Gasteiger partial charge >= 0.3 is 12.1 Å². The number of Topliss-reactive ketones (excluding diaryl/α,β-unsaturated/α-hetero) is 3. The molecular formula is C48H73N3O9. The summed E-state index contributed by atoms with van der Waals surface area (Å²) in [5.74, 6) is -1.97. The average Bonchev–Trinajstić information content (AvgIpc) is 3.22. The Hall–Kier alpha value is -4.09. The second-order valence-electron chi connectivity index (χ2n) is 19.0. The van der Waals surface area contributed by atoms with E-state index in [1.54, 1.807) is 41.5 Å². The number of alkyl carbamates (subject to hydrolysis) is 1. The van der Waals surface area contributed by atoms with Crippen molar-refractivity contribution < 1.29 is 43.0 Å². The zero-order valence-corrected chi connectivity index (χ0v) is 37.2. The Balaban J connectivity index is 1.20. The van der Waals surface area contributed by atoms with Gasteiger partial charge in [-0.1, -0.05) is 75.8 Å². The van der Waals surface area contributed by atoms with Crippen LogP contribution >= 0.6 is 0 Å². The molecule has 1 aromatic rings. The summed E-state index contributed by atoms with van der Waals surface area (Å²) in [6.07, 6.45) is 11.6. The van der Waals surface area contributed by atoms with Crippen LogP contribution in [0.15, 0.2) is 30.3 Å². The SMILES string of the molecule is C[C@H](CC(=O)[C@H]1CCCC[C@H]1CCC(=O)[C@H](C)NC(=O)OC(C)(C)C)C(=O)NC[C@@H]1CCCC[C@@H]1C(=O)N[C@@H](C)C(=O)CC[C@@H]1CCCC[C@@H]1C(=O)OCc1ccccc1. The first kappa shape index (κ1) is 48.6. The Morgan fingerprint density at radius 2 is 1.18 bits per heavy atom. The first-order chi connectivity index (χ1) is 28.5. The van der Waals surface area contributed by atoms with E-state index in [9.17, 15) is 33.6 Å². The first-order valence-corrected chi connectivity index (χ1v) is 22.9. The van der Waals surface area contributed by atoms with Crippen molar-refractivity contribution in [3.8, 4) is 0 Å². The summed E-state index contributed by atoms with van der Waals surface area (Å²) in [6.45, 7) is 11.0. The number of ketones is 3. The number of benzene rings is 1. The highest BCUT2D eigenvalue weighted by Gasteiger charge is 2.36. The molecule has 0 saturated heterocycles. The first-order valence-electron chi connectivity index (χ1n) is 22.9. The predicted octanol–water partition coefficient (Wildman–Crippen LogP) is 7.98. The molecule has 0 spiro atoms. The van der Waals surface area contributed by atoms with Crippen molar-refractivity contribution in [3.63, 3.8) is 0 Å². The molecule has 3 fully saturated rings. The predicted molar refractivity (Wildman–Crippen MR) is 229 cm³/mol. The topological polar surface area (TPSA) is 174 Å². The fraction of sp³-hybridized carbons (Fsp3) is 0.729. The van der Waals surface area contributed by atoms with E-state index in [0.717, 1.165) is 76.2 Å². The van der Waals surface area contributed by atoms with Crippen LogP contribution in [0.1, 0.15) is 156 Å². The van der Waals surface area contributed by atoms with Crippen molar-refractivity contribution in [2.75, 3.05) is 6.54 Å². The molecule has 4 rings (SSSR count). The van der Waals surface area contributed by atoms with Crippen molar-refractivity contribution in [1.82, 2.24) is 16.0 Å². The number of carbonyl (C=O) groups excluding carboxylic acids is 7. The lowest BCUT2D eigenvalue weighted by molar-refractivity contribution is -0.153. The lowest BCUT2D eigenvalue weighted by Gasteiger charge is -2.32. The van der Waals surface area contributed by atoms with Gasteiger partial charge < -0.3 is 25.4 Å². The van der Waals surface area contributed by atoms with Gasteiger partial charge in [0.25, 0.3) is 0 Å². The molecule has 0 unspecified atom stereocenters. The zero-order chi connectivity index (χ0) is 43.8. The zero-order valence-electron chi connectivity index (χ0n) is 37.2. The monoisotopic (exact) mass is 836 g/mol. The van der Waals surface area contributed by atoms with Gasteiger partial charge in [-0.3, -0.25) is 28.8 Å². The van der Waals surface area contributed by atoms with E-state index < -0.39 is 29.7 Å². The van der Waals surface area contributed by atoms with Crippen molar-refractivity contribution in [2.24, 2.45) is 41.4 Å². The number of hydrogen-bond acceptors (Lipinski definition) is 9. The number of esters is 1. The van der Waals surface area contributed by atoms with E-state index in [0.29, 0.717) is 25.8 Å². The fourth-order valence-corrected chi connectivity index (χ4v) is 9.48. The second kappa shape index (κ2) is 23.8. The molecule has 3 amide bonds. The molecule has 0 radical (unpaired) electrons. The molecule has 3 saturated carbocycles. The van der Waals surface area contributed by atoms with Gasteiger partial charge in [-0.15, -0.1) is 0 Å². The minimum absolute atomic E-state index is 0.0466. The van der Waals surface area contributed by atoms with E-state index in [1.807, 2.05) is 30.3 Å². The molecule has 1 aromatic carbocycles. The molecular weight excluding hydrogens is 763 g/mol. The Morgan fingerprint density at radius 1 is 0.667 bits per heavy atom. The highest BCUT2D eigenvalue weighted by molar-refractivity contribution is 5.90. The van der Waals surface area contributed by atoms with E-state index >= 15 is 0 Å². The molecule has 3 N–H and O–H groups in total. The van der Waals surface area contributed by atoms with E-state index in [1.165, 1.54) is 0 Å². The van der Waals surface area contributed by atoms with Crippen LogP contribution in [0, 0.1) is 41.4 Å². The van der Waals surface area contributed by atoms with Gasteiger partial charge in [0.05, 0.1) is 18.0 Å². The van der Waals surface area contributed by atoms with Gasteiger partial charge in [0.2, 0.25) is 11.8 Å². The van der Waals surface area contributed by atoms with Crippen LogP contribution in [0.4, 0.5) is 4.79 Å². The molecule has 3 aliphatic carbocycles. The third-order valence-electron chi connectivity index (χ3n) is 13.1. The summed E-state index contributed by atoms with van der Waals surface area (Å²) >= 11 is 0. The van der Waals surface area contributed by atoms with Gasteiger partial charge in [-0.2, -0.15) is 0 Å². The van der Waals surface area contributed by atoms with Crippen LogP contribution in [0.5, 0.6) is 0 Å². The maximum absolute atomic E-state index is 13.6. The Morgan fingerprint density at radius 3 is 1.78 bits per heavy atom. The van der Waals surface area contributed by atoms with Crippen LogP contribution in [-0.2, 0) is 44.8 Å². The number of nitrogens with one attached hydrogen (secondary N) is 3. The normalized spacial score (nSPS) is 24.8. The van der Waals surface area contributed by atoms with Gasteiger partial charge in [-0.05, 0) is 109 Å². The Kier molecular flexibility index (Phi) is 19.3. The van der Waals surface area contributed by atoms with Gasteiger partial charge in [0.1, 0.15) is 18.0 Å². The quantitative estimate of drug-likeness (QED) is 0.110. The van der Waals surface area contributed by atoms with Crippen molar-refractivity contribution >= 4 is 41.2 Å². The number of carbonyl (C=O) groups is 7. The van der Waals surface area contributed by atoms with Crippen molar-refractivity contribution in [3.05, 3.63) is 35.9 Å². The third-order valence-corrected chi connectivity index (χ3v) is 13.1. The van der Waals surface area contributed by atoms with Crippen molar-refractivity contribution in [1.29, 1.82) is 0 Å². The number of rotatable bonds is 20. The van der Waals surface area contributed by atoms with Gasteiger partial charge in [-0.25, -0.2) is 4.79 Å². The number of amides is 3. The molecule has 0 aliphatic heterocycles. The average molecular weight is 836 g/mol. The largest absolute Gasteiger partial charge is 0.461 e. The lowest BCUT2D eigenvalue weighted by Crippen LogP contribution is -2.47.